The van der Waals surface area contributed by atoms with Crippen molar-refractivity contribution in [1.82, 2.24) is 5.48 Å². The van der Waals surface area contributed by atoms with Crippen LogP contribution in [0.25, 0.3) is 0 Å². The zero-order chi connectivity index (χ0) is 10.4. The van der Waals surface area contributed by atoms with E-state index in [1.807, 2.05) is 37.3 Å². The Kier molecular flexibility index (Phi) is 4.13. The van der Waals surface area contributed by atoms with Gasteiger partial charge in [-0.2, -0.15) is 0 Å². The molecule has 14 heavy (non-hydrogen) atoms. The second-order valence-corrected chi connectivity index (χ2v) is 3.26. The molecule has 1 rings (SSSR count). The Balaban J connectivity index is 2.49. The molecule has 76 valence electrons. The lowest BCUT2D eigenvalue weighted by Crippen LogP contribution is -2.29. The molecule has 0 bridgehead atoms. The molecule has 1 aromatic rings. The van der Waals surface area contributed by atoms with Gasteiger partial charge in [-0.3, -0.25) is 9.63 Å². The third-order valence-corrected chi connectivity index (χ3v) is 2.03. The third kappa shape index (κ3) is 3.18. The van der Waals surface area contributed by atoms with Crippen molar-refractivity contribution in [3.05, 3.63) is 35.9 Å². The van der Waals surface area contributed by atoms with Crippen LogP contribution in [-0.2, 0) is 16.1 Å². The number of carbonyl (C=O) groups excluding carboxylic acids is 1. The Morgan fingerprint density at radius 3 is 2.64 bits per heavy atom. The number of amides is 1. The summed E-state index contributed by atoms with van der Waals surface area (Å²) in [4.78, 5) is 15.9. The van der Waals surface area contributed by atoms with Crippen LogP contribution in [-0.4, -0.2) is 13.0 Å². The first-order valence-corrected chi connectivity index (χ1v) is 4.61. The highest BCUT2D eigenvalue weighted by atomic mass is 16.6. The zero-order valence-corrected chi connectivity index (χ0v) is 8.49. The summed E-state index contributed by atoms with van der Waals surface area (Å²) in [5, 5.41) is 0. The van der Waals surface area contributed by atoms with Crippen molar-refractivity contribution in [1.29, 1.82) is 0 Å². The predicted molar refractivity (Wildman–Crippen MR) is 54.5 cm³/mol. The van der Waals surface area contributed by atoms with E-state index >= 15 is 0 Å². The molecule has 0 spiro atoms. The summed E-state index contributed by atoms with van der Waals surface area (Å²) in [6.45, 7) is 1.88. The molecule has 3 nitrogen and oxygen atoms in total. The smallest absolute Gasteiger partial charge is 0.246 e. The lowest BCUT2D eigenvalue weighted by Gasteiger charge is -2.10. The minimum atomic E-state index is -0.0867. The molecular formula is C11H15NO2. The van der Waals surface area contributed by atoms with Gasteiger partial charge >= 0.3 is 0 Å². The van der Waals surface area contributed by atoms with Gasteiger partial charge in [0.15, 0.2) is 0 Å². The number of rotatable bonds is 4. The largest absolute Gasteiger partial charge is 0.277 e. The van der Waals surface area contributed by atoms with E-state index in [-0.39, 0.29) is 11.8 Å². The van der Waals surface area contributed by atoms with Crippen molar-refractivity contribution >= 4 is 5.91 Å². The summed E-state index contributed by atoms with van der Waals surface area (Å²) < 4.78 is 0. The molecule has 0 fully saturated rings. The Hall–Kier alpha value is -1.35. The fourth-order valence-corrected chi connectivity index (χ4v) is 1.26. The Morgan fingerprint density at radius 1 is 1.43 bits per heavy atom. The molecule has 0 aliphatic rings. The molecule has 0 aliphatic carbocycles. The number of nitrogens with one attached hydrogen (secondary N) is 1. The zero-order valence-electron chi connectivity index (χ0n) is 8.49. The van der Waals surface area contributed by atoms with Crippen LogP contribution in [0.15, 0.2) is 30.3 Å². The highest BCUT2D eigenvalue weighted by Gasteiger charge is 2.12. The van der Waals surface area contributed by atoms with Crippen LogP contribution in [0.1, 0.15) is 12.5 Å². The molecule has 0 aromatic heterocycles. The van der Waals surface area contributed by atoms with Crippen LogP contribution in [0, 0.1) is 5.92 Å². The highest BCUT2D eigenvalue weighted by Crippen LogP contribution is 2.07. The molecule has 0 heterocycles. The molecule has 1 atom stereocenters. The monoisotopic (exact) mass is 193 g/mol. The van der Waals surface area contributed by atoms with Crippen molar-refractivity contribution in [2.24, 2.45) is 5.92 Å². The van der Waals surface area contributed by atoms with Gasteiger partial charge in [0.1, 0.15) is 0 Å². The van der Waals surface area contributed by atoms with Crippen molar-refractivity contribution in [2.75, 3.05) is 7.11 Å². The molecular weight excluding hydrogens is 178 g/mol. The van der Waals surface area contributed by atoms with E-state index in [1.165, 1.54) is 7.11 Å². The van der Waals surface area contributed by atoms with Gasteiger partial charge in [0, 0.05) is 5.92 Å². The quantitative estimate of drug-likeness (QED) is 0.737. The second-order valence-electron chi connectivity index (χ2n) is 3.26. The van der Waals surface area contributed by atoms with Crippen LogP contribution in [0.4, 0.5) is 0 Å². The Bertz CT molecular complexity index is 285. The van der Waals surface area contributed by atoms with Crippen LogP contribution >= 0.6 is 0 Å². The van der Waals surface area contributed by atoms with Crippen LogP contribution in [0.3, 0.4) is 0 Å². The average Bonchev–Trinajstić information content (AvgIpc) is 2.19. The fourth-order valence-electron chi connectivity index (χ4n) is 1.26. The standard InChI is InChI=1S/C11H15NO2/c1-9(11(13)12-14-2)8-10-6-4-3-5-7-10/h3-7,9H,8H2,1-2H3,(H,12,13). The minimum Gasteiger partial charge on any atom is -0.277 e. The van der Waals surface area contributed by atoms with Crippen molar-refractivity contribution in [2.45, 2.75) is 13.3 Å². The van der Waals surface area contributed by atoms with Crippen LogP contribution < -0.4 is 5.48 Å². The van der Waals surface area contributed by atoms with Crippen molar-refractivity contribution in [3.8, 4) is 0 Å². The maximum Gasteiger partial charge on any atom is 0.246 e. The van der Waals surface area contributed by atoms with Gasteiger partial charge in [-0.15, -0.1) is 0 Å². The molecule has 0 saturated carbocycles. The summed E-state index contributed by atoms with van der Waals surface area (Å²) in [5.74, 6) is -0.159. The van der Waals surface area contributed by atoms with Gasteiger partial charge in [-0.1, -0.05) is 37.3 Å². The molecule has 0 saturated heterocycles. The van der Waals surface area contributed by atoms with Gasteiger partial charge in [0.25, 0.3) is 0 Å². The van der Waals surface area contributed by atoms with Gasteiger partial charge in [-0.25, -0.2) is 5.48 Å². The summed E-state index contributed by atoms with van der Waals surface area (Å²) in [6, 6.07) is 9.92. The van der Waals surface area contributed by atoms with Crippen LogP contribution in [0.2, 0.25) is 0 Å². The normalized spacial score (nSPS) is 12.1. The Labute approximate surface area is 84.0 Å². The molecule has 3 heteroatoms. The fraction of sp³-hybridized carbons (Fsp3) is 0.364. The van der Waals surface area contributed by atoms with E-state index in [4.69, 9.17) is 0 Å². The summed E-state index contributed by atoms with van der Waals surface area (Å²) in [7, 11) is 1.44. The van der Waals surface area contributed by atoms with Gasteiger partial charge < -0.3 is 0 Å². The van der Waals surface area contributed by atoms with Gasteiger partial charge in [0.2, 0.25) is 5.91 Å². The SMILES string of the molecule is CONC(=O)C(C)Cc1ccccc1. The summed E-state index contributed by atoms with van der Waals surface area (Å²) in [5.41, 5.74) is 3.49. The topological polar surface area (TPSA) is 38.3 Å². The number of hydroxylamine groups is 1. The highest BCUT2D eigenvalue weighted by molar-refractivity contribution is 5.77. The van der Waals surface area contributed by atoms with Crippen LogP contribution in [0.5, 0.6) is 0 Å². The van der Waals surface area contributed by atoms with Gasteiger partial charge in [0.05, 0.1) is 7.11 Å². The first-order chi connectivity index (χ1) is 6.74. The minimum absolute atomic E-state index is 0.0719. The second kappa shape index (κ2) is 5.40. The molecule has 1 amide bonds. The van der Waals surface area contributed by atoms with Gasteiger partial charge in [-0.05, 0) is 12.0 Å². The summed E-state index contributed by atoms with van der Waals surface area (Å²) in [6.07, 6.45) is 0.732. The van der Waals surface area contributed by atoms with E-state index in [9.17, 15) is 4.79 Å². The lowest BCUT2D eigenvalue weighted by atomic mass is 10.0. The molecule has 1 aromatic carbocycles. The van der Waals surface area contributed by atoms with Crippen molar-refractivity contribution < 1.29 is 9.63 Å². The average molecular weight is 193 g/mol. The Morgan fingerprint density at radius 2 is 2.07 bits per heavy atom. The van der Waals surface area contributed by atoms with E-state index in [0.29, 0.717) is 0 Å². The number of hydrogen-bond acceptors (Lipinski definition) is 2. The predicted octanol–water partition coefficient (Wildman–Crippen LogP) is 1.54. The maximum absolute atomic E-state index is 11.3. The lowest BCUT2D eigenvalue weighted by molar-refractivity contribution is -0.134. The van der Waals surface area contributed by atoms with E-state index < -0.39 is 0 Å². The number of carbonyl (C=O) groups is 1. The third-order valence-electron chi connectivity index (χ3n) is 2.03. The van der Waals surface area contributed by atoms with E-state index in [2.05, 4.69) is 10.3 Å². The summed E-state index contributed by atoms with van der Waals surface area (Å²) >= 11 is 0. The molecule has 0 aliphatic heterocycles. The van der Waals surface area contributed by atoms with Crippen molar-refractivity contribution in [3.63, 3.8) is 0 Å². The number of hydrogen-bond donors (Lipinski definition) is 1. The van der Waals surface area contributed by atoms with E-state index in [1.54, 1.807) is 0 Å². The van der Waals surface area contributed by atoms with E-state index in [0.717, 1.165) is 12.0 Å². The maximum atomic E-state index is 11.3. The first kappa shape index (κ1) is 10.7. The molecule has 1 N–H and O–H groups in total. The molecule has 1 unspecified atom stereocenters. The molecule has 0 radical (unpaired) electrons. The number of benzene rings is 1. The first-order valence-electron chi connectivity index (χ1n) is 4.61.